The smallest absolute Gasteiger partial charge is 0.274 e. The van der Waals surface area contributed by atoms with Gasteiger partial charge in [-0.25, -0.2) is 13.8 Å². The SMILES string of the molecule is Cn1cc(NC(=O)c2ccc(F)c(-c3cccc(F)c3Cl)n2)cn1. The lowest BCUT2D eigenvalue weighted by molar-refractivity contribution is 0.102. The van der Waals surface area contributed by atoms with Crippen LogP contribution in [0.15, 0.2) is 42.7 Å². The summed E-state index contributed by atoms with van der Waals surface area (Å²) in [6, 6.07) is 6.29. The number of nitrogens with zero attached hydrogens (tertiary/aromatic N) is 3. The van der Waals surface area contributed by atoms with Gasteiger partial charge in [-0.3, -0.25) is 9.48 Å². The Morgan fingerprint density at radius 2 is 2.00 bits per heavy atom. The van der Waals surface area contributed by atoms with E-state index in [0.29, 0.717) is 5.69 Å². The van der Waals surface area contributed by atoms with Crippen LogP contribution in [0.2, 0.25) is 5.02 Å². The van der Waals surface area contributed by atoms with Crippen molar-refractivity contribution in [2.45, 2.75) is 0 Å². The molecule has 2 aromatic heterocycles. The Kier molecular flexibility index (Phi) is 4.26. The van der Waals surface area contributed by atoms with E-state index in [1.165, 1.54) is 29.1 Å². The number of carbonyl (C=O) groups excluding carboxylic acids is 1. The minimum Gasteiger partial charge on any atom is -0.318 e. The lowest BCUT2D eigenvalue weighted by atomic mass is 10.1. The van der Waals surface area contributed by atoms with Crippen LogP contribution < -0.4 is 5.32 Å². The second-order valence-electron chi connectivity index (χ2n) is 4.99. The summed E-state index contributed by atoms with van der Waals surface area (Å²) in [5.74, 6) is -1.95. The number of aromatic nitrogens is 3. The molecule has 0 saturated carbocycles. The van der Waals surface area contributed by atoms with Crippen molar-refractivity contribution >= 4 is 23.2 Å². The maximum atomic E-state index is 14.1. The number of rotatable bonds is 3. The van der Waals surface area contributed by atoms with Crippen LogP contribution in [0.1, 0.15) is 10.5 Å². The number of aryl methyl sites for hydroxylation is 1. The molecular weight excluding hydrogens is 338 g/mol. The molecule has 0 fully saturated rings. The molecule has 0 saturated heterocycles. The fourth-order valence-electron chi connectivity index (χ4n) is 2.13. The molecule has 1 aromatic carbocycles. The van der Waals surface area contributed by atoms with Gasteiger partial charge in [-0.15, -0.1) is 0 Å². The van der Waals surface area contributed by atoms with E-state index in [1.54, 1.807) is 13.2 Å². The van der Waals surface area contributed by atoms with Crippen LogP contribution in [0.4, 0.5) is 14.5 Å². The van der Waals surface area contributed by atoms with E-state index in [1.807, 2.05) is 0 Å². The van der Waals surface area contributed by atoms with Crippen LogP contribution in [-0.2, 0) is 7.05 Å². The Hall–Kier alpha value is -2.80. The topological polar surface area (TPSA) is 59.8 Å². The van der Waals surface area contributed by atoms with Crippen LogP contribution in [0, 0.1) is 11.6 Å². The average Bonchev–Trinajstić information content (AvgIpc) is 2.96. The van der Waals surface area contributed by atoms with E-state index in [4.69, 9.17) is 11.6 Å². The van der Waals surface area contributed by atoms with E-state index in [0.717, 1.165) is 12.1 Å². The number of amides is 1. The third-order valence-corrected chi connectivity index (χ3v) is 3.63. The van der Waals surface area contributed by atoms with E-state index in [2.05, 4.69) is 15.4 Å². The highest BCUT2D eigenvalue weighted by molar-refractivity contribution is 6.33. The molecule has 5 nitrogen and oxygen atoms in total. The Bertz CT molecular complexity index is 926. The Balaban J connectivity index is 1.97. The van der Waals surface area contributed by atoms with E-state index in [9.17, 15) is 13.6 Å². The van der Waals surface area contributed by atoms with Crippen molar-refractivity contribution in [3.05, 3.63) is 65.1 Å². The summed E-state index contributed by atoms with van der Waals surface area (Å²) >= 11 is 5.87. The van der Waals surface area contributed by atoms with Gasteiger partial charge in [0.25, 0.3) is 5.91 Å². The fraction of sp³-hybridized carbons (Fsp3) is 0.0625. The summed E-state index contributed by atoms with van der Waals surface area (Å²) in [5.41, 5.74) is 0.318. The Labute approximate surface area is 140 Å². The monoisotopic (exact) mass is 348 g/mol. The van der Waals surface area contributed by atoms with E-state index >= 15 is 0 Å². The molecule has 0 aliphatic heterocycles. The molecule has 24 heavy (non-hydrogen) atoms. The first-order valence-electron chi connectivity index (χ1n) is 6.86. The van der Waals surface area contributed by atoms with Crippen LogP contribution in [0.25, 0.3) is 11.3 Å². The predicted molar refractivity (Wildman–Crippen MR) is 85.8 cm³/mol. The van der Waals surface area contributed by atoms with E-state index in [-0.39, 0.29) is 22.0 Å². The zero-order chi connectivity index (χ0) is 17.3. The number of hydrogen-bond donors (Lipinski definition) is 1. The molecule has 0 unspecified atom stereocenters. The molecule has 8 heteroatoms. The summed E-state index contributed by atoms with van der Waals surface area (Å²) in [5, 5.41) is 6.26. The van der Waals surface area contributed by atoms with Gasteiger partial charge in [-0.05, 0) is 18.2 Å². The van der Waals surface area contributed by atoms with Crippen molar-refractivity contribution in [1.82, 2.24) is 14.8 Å². The van der Waals surface area contributed by atoms with Gasteiger partial charge >= 0.3 is 0 Å². The number of pyridine rings is 1. The predicted octanol–water partition coefficient (Wildman–Crippen LogP) is 3.67. The largest absolute Gasteiger partial charge is 0.318 e. The van der Waals surface area contributed by atoms with Crippen molar-refractivity contribution in [3.63, 3.8) is 0 Å². The van der Waals surface area contributed by atoms with Crippen LogP contribution >= 0.6 is 11.6 Å². The molecule has 2 heterocycles. The highest BCUT2D eigenvalue weighted by atomic mass is 35.5. The number of anilines is 1. The van der Waals surface area contributed by atoms with Crippen molar-refractivity contribution in [3.8, 4) is 11.3 Å². The minimum atomic E-state index is -0.708. The van der Waals surface area contributed by atoms with Gasteiger partial charge in [-0.2, -0.15) is 5.10 Å². The maximum Gasteiger partial charge on any atom is 0.274 e. The molecule has 0 spiro atoms. The quantitative estimate of drug-likeness (QED) is 0.785. The summed E-state index contributed by atoms with van der Waals surface area (Å²) in [6.07, 6.45) is 3.07. The van der Waals surface area contributed by atoms with Crippen LogP contribution in [0.5, 0.6) is 0 Å². The highest BCUT2D eigenvalue weighted by Gasteiger charge is 2.17. The molecule has 0 atom stereocenters. The van der Waals surface area contributed by atoms with Gasteiger partial charge in [0.1, 0.15) is 23.0 Å². The molecule has 1 amide bonds. The molecule has 0 aliphatic rings. The number of halogens is 3. The zero-order valence-electron chi connectivity index (χ0n) is 12.4. The first-order valence-corrected chi connectivity index (χ1v) is 7.24. The average molecular weight is 349 g/mol. The molecule has 0 bridgehead atoms. The van der Waals surface area contributed by atoms with Gasteiger partial charge in [0, 0.05) is 18.8 Å². The van der Waals surface area contributed by atoms with Gasteiger partial charge in [0.05, 0.1) is 16.9 Å². The summed E-state index contributed by atoms with van der Waals surface area (Å²) in [7, 11) is 1.70. The number of carbonyl (C=O) groups is 1. The van der Waals surface area contributed by atoms with Gasteiger partial charge < -0.3 is 5.32 Å². The van der Waals surface area contributed by atoms with Gasteiger partial charge in [0.2, 0.25) is 0 Å². The molecule has 3 rings (SSSR count). The number of hydrogen-bond acceptors (Lipinski definition) is 3. The highest BCUT2D eigenvalue weighted by Crippen LogP contribution is 2.30. The Morgan fingerprint density at radius 1 is 1.21 bits per heavy atom. The Morgan fingerprint density at radius 3 is 2.71 bits per heavy atom. The third-order valence-electron chi connectivity index (χ3n) is 3.25. The fourth-order valence-corrected chi connectivity index (χ4v) is 2.34. The van der Waals surface area contributed by atoms with Crippen LogP contribution in [0.3, 0.4) is 0 Å². The zero-order valence-corrected chi connectivity index (χ0v) is 13.2. The second kappa shape index (κ2) is 6.37. The van der Waals surface area contributed by atoms with E-state index < -0.39 is 17.5 Å². The summed E-state index contributed by atoms with van der Waals surface area (Å²) in [6.45, 7) is 0. The maximum absolute atomic E-state index is 14.1. The van der Waals surface area contributed by atoms with Gasteiger partial charge in [0.15, 0.2) is 0 Å². The second-order valence-corrected chi connectivity index (χ2v) is 5.36. The molecule has 0 aliphatic carbocycles. The molecule has 3 aromatic rings. The van der Waals surface area contributed by atoms with Crippen molar-refractivity contribution in [2.75, 3.05) is 5.32 Å². The standard InChI is InChI=1S/C16H11ClF2N4O/c1-23-8-9(7-20-23)21-16(24)13-6-5-12(19)15(22-13)10-3-2-4-11(18)14(10)17/h2-8H,1H3,(H,21,24). The molecule has 122 valence electrons. The molecular formula is C16H11ClF2N4O. The lowest BCUT2D eigenvalue weighted by Crippen LogP contribution is -2.14. The van der Waals surface area contributed by atoms with Crippen LogP contribution in [-0.4, -0.2) is 20.7 Å². The molecule has 1 N–H and O–H groups in total. The number of benzene rings is 1. The molecule has 0 radical (unpaired) electrons. The normalized spacial score (nSPS) is 10.7. The summed E-state index contributed by atoms with van der Waals surface area (Å²) < 4.78 is 29.2. The minimum absolute atomic E-state index is 0.0319. The van der Waals surface area contributed by atoms with Crippen molar-refractivity contribution < 1.29 is 13.6 Å². The van der Waals surface area contributed by atoms with Crippen molar-refractivity contribution in [1.29, 1.82) is 0 Å². The first-order chi connectivity index (χ1) is 11.5. The first kappa shape index (κ1) is 16.1. The third kappa shape index (κ3) is 3.11. The van der Waals surface area contributed by atoms with Gasteiger partial charge in [-0.1, -0.05) is 23.7 Å². The number of nitrogens with one attached hydrogen (secondary N) is 1. The lowest BCUT2D eigenvalue weighted by Gasteiger charge is -2.08. The summed E-state index contributed by atoms with van der Waals surface area (Å²) in [4.78, 5) is 16.2. The van der Waals surface area contributed by atoms with Crippen molar-refractivity contribution in [2.24, 2.45) is 7.05 Å².